The quantitative estimate of drug-likeness (QED) is 0.576. The van der Waals surface area contributed by atoms with Gasteiger partial charge in [-0.3, -0.25) is 0 Å². The molecule has 2 aliphatic rings. The Labute approximate surface area is 179 Å². The summed E-state index contributed by atoms with van der Waals surface area (Å²) in [5, 5.41) is 18.8. The van der Waals surface area contributed by atoms with Gasteiger partial charge < -0.3 is 20.0 Å². The van der Waals surface area contributed by atoms with Gasteiger partial charge in [0.05, 0.1) is 6.10 Å². The molecule has 0 saturated carbocycles. The Hall–Kier alpha value is -2.59. The van der Waals surface area contributed by atoms with Gasteiger partial charge in [0, 0.05) is 23.6 Å². The summed E-state index contributed by atoms with van der Waals surface area (Å²) in [6.45, 7) is 4.10. The number of rotatable bonds is 8. The Balaban J connectivity index is 1.41. The van der Waals surface area contributed by atoms with E-state index in [4.69, 9.17) is 14.9 Å². The van der Waals surface area contributed by atoms with Crippen molar-refractivity contribution < 1.29 is 14.6 Å². The molecule has 158 valence electrons. The van der Waals surface area contributed by atoms with Crippen molar-refractivity contribution in [2.75, 3.05) is 0 Å². The molecule has 0 radical (unpaired) electrons. The van der Waals surface area contributed by atoms with Crippen LogP contribution in [0.15, 0.2) is 54.6 Å². The zero-order valence-electron chi connectivity index (χ0n) is 17.8. The molecule has 2 N–H and O–H groups in total. The maximum absolute atomic E-state index is 10.3. The minimum Gasteiger partial charge on any atom is -0.489 e. The molecule has 0 spiro atoms. The highest BCUT2D eigenvalue weighted by atomic mass is 16.5. The Bertz CT molecular complexity index is 921. The fraction of sp³-hybridized carbons (Fsp3) is 0.423. The number of aliphatic hydroxyl groups is 1. The molecule has 4 rings (SSSR count). The van der Waals surface area contributed by atoms with Gasteiger partial charge in [-0.2, -0.15) is 0 Å². The number of hydrogen-bond donors (Lipinski definition) is 2. The van der Waals surface area contributed by atoms with Crippen molar-refractivity contribution in [3.8, 4) is 11.5 Å². The highest BCUT2D eigenvalue weighted by molar-refractivity contribution is 5.85. The number of aliphatic hydroxyl groups excluding tert-OH is 1. The molecular formula is C26H31NO3. The number of nitrogens with one attached hydrogen (secondary N) is 1. The standard InChI is InChI=1S/C26H31NO3/c1-3-18-9-7-14-24-26(18)22-15-19(28)16-25(30-24)21(22)12-8-13-23(27)17(2)29-20-10-5-4-6-11-20/h4-7,9-11,14-15,17,19,21,25,27-28H,3,8,12-13,16H2,1-2H3/t17-,19+,21?,25+/m1/s1. The molecule has 0 aromatic heterocycles. The van der Waals surface area contributed by atoms with Crippen molar-refractivity contribution in [3.05, 3.63) is 65.7 Å². The van der Waals surface area contributed by atoms with Gasteiger partial charge in [0.15, 0.2) is 0 Å². The van der Waals surface area contributed by atoms with Gasteiger partial charge in [0.1, 0.15) is 23.7 Å². The normalized spacial score (nSPS) is 23.0. The van der Waals surface area contributed by atoms with E-state index in [1.165, 1.54) is 16.7 Å². The van der Waals surface area contributed by atoms with E-state index in [0.717, 1.165) is 30.8 Å². The van der Waals surface area contributed by atoms with Crippen LogP contribution >= 0.6 is 0 Å². The SMILES string of the molecule is CCc1cccc2c1C1=C[C@H](O)C[C@H](O2)C1CCCC(=N)[C@@H](C)Oc1ccccc1. The van der Waals surface area contributed by atoms with E-state index in [9.17, 15) is 5.11 Å². The second-order valence-electron chi connectivity index (χ2n) is 8.32. The monoisotopic (exact) mass is 405 g/mol. The third-order valence-electron chi connectivity index (χ3n) is 6.26. The van der Waals surface area contributed by atoms with Crippen LogP contribution in [0.5, 0.6) is 11.5 Å². The van der Waals surface area contributed by atoms with Crippen LogP contribution in [0.4, 0.5) is 0 Å². The summed E-state index contributed by atoms with van der Waals surface area (Å²) >= 11 is 0. The summed E-state index contributed by atoms with van der Waals surface area (Å²) in [4.78, 5) is 0. The summed E-state index contributed by atoms with van der Waals surface area (Å²) in [6.07, 6.45) is 5.49. The lowest BCUT2D eigenvalue weighted by atomic mass is 9.74. The van der Waals surface area contributed by atoms with Gasteiger partial charge in [-0.1, -0.05) is 43.3 Å². The smallest absolute Gasteiger partial charge is 0.133 e. The summed E-state index contributed by atoms with van der Waals surface area (Å²) in [5.41, 5.74) is 4.30. The van der Waals surface area contributed by atoms with E-state index in [1.54, 1.807) is 0 Å². The molecule has 4 nitrogen and oxygen atoms in total. The van der Waals surface area contributed by atoms with Gasteiger partial charge in [0.25, 0.3) is 0 Å². The van der Waals surface area contributed by atoms with Crippen LogP contribution in [0.25, 0.3) is 5.57 Å². The molecule has 1 aliphatic heterocycles. The molecule has 0 saturated heterocycles. The van der Waals surface area contributed by atoms with Crippen LogP contribution in [0, 0.1) is 11.3 Å². The number of para-hydroxylation sites is 1. The molecule has 0 fully saturated rings. The van der Waals surface area contributed by atoms with Crippen molar-refractivity contribution in [1.82, 2.24) is 0 Å². The molecule has 1 heterocycles. The lowest BCUT2D eigenvalue weighted by Crippen LogP contribution is -2.39. The number of ether oxygens (including phenoxy) is 2. The lowest BCUT2D eigenvalue weighted by molar-refractivity contribution is 0.0755. The first kappa shape index (κ1) is 20.7. The van der Waals surface area contributed by atoms with E-state index < -0.39 is 6.10 Å². The van der Waals surface area contributed by atoms with Gasteiger partial charge in [-0.25, -0.2) is 0 Å². The summed E-state index contributed by atoms with van der Waals surface area (Å²) in [7, 11) is 0. The zero-order valence-corrected chi connectivity index (χ0v) is 17.8. The summed E-state index contributed by atoms with van der Waals surface area (Å²) in [5.74, 6) is 2.02. The third kappa shape index (κ3) is 4.29. The molecule has 0 amide bonds. The zero-order chi connectivity index (χ0) is 21.1. The molecule has 1 unspecified atom stereocenters. The number of aryl methyl sites for hydroxylation is 1. The first-order chi connectivity index (χ1) is 14.6. The minimum atomic E-state index is -0.447. The highest BCUT2D eigenvalue weighted by Gasteiger charge is 2.39. The Morgan fingerprint density at radius 2 is 2.00 bits per heavy atom. The van der Waals surface area contributed by atoms with Crippen molar-refractivity contribution in [2.45, 2.75) is 64.3 Å². The third-order valence-corrected chi connectivity index (χ3v) is 6.26. The van der Waals surface area contributed by atoms with E-state index in [-0.39, 0.29) is 18.1 Å². The number of hydrogen-bond acceptors (Lipinski definition) is 4. The van der Waals surface area contributed by atoms with Crippen LogP contribution < -0.4 is 9.47 Å². The average molecular weight is 406 g/mol. The second-order valence-corrected chi connectivity index (χ2v) is 8.32. The predicted molar refractivity (Wildman–Crippen MR) is 120 cm³/mol. The van der Waals surface area contributed by atoms with Crippen LogP contribution in [-0.2, 0) is 6.42 Å². The van der Waals surface area contributed by atoms with E-state index in [1.807, 2.05) is 49.4 Å². The van der Waals surface area contributed by atoms with Crippen LogP contribution in [0.3, 0.4) is 0 Å². The molecule has 1 aliphatic carbocycles. The largest absolute Gasteiger partial charge is 0.489 e. The van der Waals surface area contributed by atoms with Crippen LogP contribution in [0.2, 0.25) is 0 Å². The van der Waals surface area contributed by atoms with Crippen molar-refractivity contribution >= 4 is 11.3 Å². The van der Waals surface area contributed by atoms with E-state index >= 15 is 0 Å². The maximum atomic E-state index is 10.3. The number of benzene rings is 2. The van der Waals surface area contributed by atoms with Gasteiger partial charge >= 0.3 is 0 Å². The highest BCUT2D eigenvalue weighted by Crippen LogP contribution is 2.47. The van der Waals surface area contributed by atoms with Crippen molar-refractivity contribution in [3.63, 3.8) is 0 Å². The predicted octanol–water partition coefficient (Wildman–Crippen LogP) is 5.43. The Morgan fingerprint density at radius 3 is 2.77 bits per heavy atom. The van der Waals surface area contributed by atoms with E-state index in [0.29, 0.717) is 18.6 Å². The Morgan fingerprint density at radius 1 is 1.20 bits per heavy atom. The van der Waals surface area contributed by atoms with Crippen LogP contribution in [0.1, 0.15) is 50.7 Å². The molecule has 30 heavy (non-hydrogen) atoms. The van der Waals surface area contributed by atoms with E-state index in [2.05, 4.69) is 19.1 Å². The fourth-order valence-electron chi connectivity index (χ4n) is 4.69. The molecule has 2 aromatic carbocycles. The molecule has 4 atom stereocenters. The first-order valence-corrected chi connectivity index (χ1v) is 11.0. The first-order valence-electron chi connectivity index (χ1n) is 11.0. The summed E-state index contributed by atoms with van der Waals surface area (Å²) < 4.78 is 12.2. The summed E-state index contributed by atoms with van der Waals surface area (Å²) in [6, 6.07) is 15.9. The molecule has 4 heteroatoms. The van der Waals surface area contributed by atoms with Crippen molar-refractivity contribution in [2.24, 2.45) is 5.92 Å². The topological polar surface area (TPSA) is 62.5 Å². The van der Waals surface area contributed by atoms with Gasteiger partial charge in [0.2, 0.25) is 0 Å². The molecule has 2 bridgehead atoms. The molecular weight excluding hydrogens is 374 g/mol. The van der Waals surface area contributed by atoms with Gasteiger partial charge in [-0.05, 0) is 61.9 Å². The number of fused-ring (bicyclic) bond motifs is 4. The Kier molecular flexibility index (Phi) is 6.24. The lowest BCUT2D eigenvalue weighted by Gasteiger charge is -2.41. The second kappa shape index (κ2) is 9.05. The van der Waals surface area contributed by atoms with Crippen molar-refractivity contribution in [1.29, 1.82) is 5.41 Å². The fourth-order valence-corrected chi connectivity index (χ4v) is 4.69. The van der Waals surface area contributed by atoms with Crippen LogP contribution in [-0.4, -0.2) is 29.1 Å². The van der Waals surface area contributed by atoms with Gasteiger partial charge in [-0.15, -0.1) is 0 Å². The average Bonchev–Trinajstić information content (AvgIpc) is 2.74. The molecule has 2 aromatic rings. The maximum Gasteiger partial charge on any atom is 0.133 e. The minimum absolute atomic E-state index is 0.00628.